The van der Waals surface area contributed by atoms with E-state index in [0.717, 1.165) is 23.2 Å². The number of hydrogen-bond acceptors (Lipinski definition) is 3. The number of rotatable bonds is 1. The predicted molar refractivity (Wildman–Crippen MR) is 69.2 cm³/mol. The molecule has 0 spiro atoms. The van der Waals surface area contributed by atoms with Gasteiger partial charge in [0.25, 0.3) is 0 Å². The molecule has 0 unspecified atom stereocenters. The van der Waals surface area contributed by atoms with Crippen LogP contribution in [0.2, 0.25) is 0 Å². The van der Waals surface area contributed by atoms with Gasteiger partial charge in [-0.3, -0.25) is 0 Å². The number of benzene rings is 1. The molecular formula is C13H12BrN3. The Morgan fingerprint density at radius 2 is 1.71 bits per heavy atom. The maximum absolute atomic E-state index is 9.05. The van der Waals surface area contributed by atoms with Crippen molar-refractivity contribution in [2.24, 2.45) is 5.41 Å². The van der Waals surface area contributed by atoms with E-state index in [1.54, 1.807) is 0 Å². The van der Waals surface area contributed by atoms with E-state index >= 15 is 0 Å². The van der Waals surface area contributed by atoms with Gasteiger partial charge in [0.15, 0.2) is 0 Å². The quantitative estimate of drug-likeness (QED) is 0.798. The van der Waals surface area contributed by atoms with Crippen LogP contribution in [0.3, 0.4) is 0 Å². The van der Waals surface area contributed by atoms with Gasteiger partial charge in [0.1, 0.15) is 5.41 Å². The molecule has 0 atom stereocenters. The number of hydrogen-bond donors (Lipinski definition) is 0. The lowest BCUT2D eigenvalue weighted by Gasteiger charge is -2.35. The molecular weight excluding hydrogens is 278 g/mol. The van der Waals surface area contributed by atoms with Crippen LogP contribution in [0.1, 0.15) is 12.8 Å². The van der Waals surface area contributed by atoms with E-state index in [-0.39, 0.29) is 0 Å². The fraction of sp³-hybridized carbons (Fsp3) is 0.385. The van der Waals surface area contributed by atoms with Gasteiger partial charge in [-0.25, -0.2) is 0 Å². The molecule has 0 aliphatic carbocycles. The van der Waals surface area contributed by atoms with Gasteiger partial charge in [-0.05, 0) is 40.9 Å². The smallest absolute Gasteiger partial charge is 0.147 e. The van der Waals surface area contributed by atoms with E-state index in [4.69, 9.17) is 10.5 Å². The Labute approximate surface area is 109 Å². The number of halogens is 1. The van der Waals surface area contributed by atoms with Crippen molar-refractivity contribution >= 4 is 21.6 Å². The molecule has 1 aliphatic rings. The van der Waals surface area contributed by atoms with Gasteiger partial charge in [0, 0.05) is 17.6 Å². The number of nitrogens with zero attached hydrogens (tertiary/aromatic N) is 3. The minimum absolute atomic E-state index is 0.612. The Hall–Kier alpha value is -1.52. The highest BCUT2D eigenvalue weighted by Crippen LogP contribution is 2.34. The van der Waals surface area contributed by atoms with Gasteiger partial charge in [-0.15, -0.1) is 0 Å². The Morgan fingerprint density at radius 3 is 2.24 bits per heavy atom. The van der Waals surface area contributed by atoms with Crippen molar-refractivity contribution in [1.29, 1.82) is 10.5 Å². The Bertz CT molecular complexity index is 474. The second-order valence-electron chi connectivity index (χ2n) is 4.24. The fourth-order valence-electron chi connectivity index (χ4n) is 2.09. The summed E-state index contributed by atoms with van der Waals surface area (Å²) in [5.74, 6) is 0. The van der Waals surface area contributed by atoms with Crippen molar-refractivity contribution in [1.82, 2.24) is 0 Å². The van der Waals surface area contributed by atoms with Crippen LogP contribution in [0.4, 0.5) is 5.69 Å². The maximum Gasteiger partial charge on any atom is 0.147 e. The van der Waals surface area contributed by atoms with Crippen molar-refractivity contribution in [3.63, 3.8) is 0 Å². The molecule has 0 saturated carbocycles. The number of nitriles is 2. The zero-order chi connectivity index (χ0) is 12.3. The number of piperidine rings is 1. The third kappa shape index (κ3) is 2.28. The van der Waals surface area contributed by atoms with Crippen LogP contribution in [-0.2, 0) is 0 Å². The molecule has 1 aromatic rings. The molecule has 1 aliphatic heterocycles. The van der Waals surface area contributed by atoms with Crippen molar-refractivity contribution in [3.8, 4) is 12.1 Å². The third-order valence-electron chi connectivity index (χ3n) is 3.24. The predicted octanol–water partition coefficient (Wildman–Crippen LogP) is 3.08. The maximum atomic E-state index is 9.05. The lowest BCUT2D eigenvalue weighted by atomic mass is 9.81. The molecule has 1 aromatic carbocycles. The van der Waals surface area contributed by atoms with E-state index in [1.165, 1.54) is 0 Å². The molecule has 1 heterocycles. The van der Waals surface area contributed by atoms with E-state index < -0.39 is 5.41 Å². The summed E-state index contributed by atoms with van der Waals surface area (Å²) in [6.45, 7) is 1.51. The SMILES string of the molecule is N#CC1(C#N)CCN(c2ccccc2Br)CC1. The Kier molecular flexibility index (Phi) is 3.36. The minimum Gasteiger partial charge on any atom is -0.370 e. The van der Waals surface area contributed by atoms with Crippen LogP contribution in [0.25, 0.3) is 0 Å². The van der Waals surface area contributed by atoms with Crippen molar-refractivity contribution < 1.29 is 0 Å². The number of anilines is 1. The molecule has 2 rings (SSSR count). The van der Waals surface area contributed by atoms with Crippen LogP contribution >= 0.6 is 15.9 Å². The fourth-order valence-corrected chi connectivity index (χ4v) is 2.62. The van der Waals surface area contributed by atoms with Gasteiger partial charge in [-0.1, -0.05) is 12.1 Å². The first-order valence-corrected chi connectivity index (χ1v) is 6.32. The van der Waals surface area contributed by atoms with Crippen LogP contribution in [-0.4, -0.2) is 13.1 Å². The topological polar surface area (TPSA) is 50.8 Å². The summed E-state index contributed by atoms with van der Waals surface area (Å²) in [5.41, 5.74) is 0.356. The van der Waals surface area contributed by atoms with E-state index in [2.05, 4.69) is 39.0 Å². The lowest BCUT2D eigenvalue weighted by Crippen LogP contribution is -2.38. The molecule has 0 N–H and O–H groups in total. The first kappa shape index (κ1) is 12.0. The molecule has 1 saturated heterocycles. The van der Waals surface area contributed by atoms with E-state index in [0.29, 0.717) is 12.8 Å². The molecule has 1 fully saturated rings. The summed E-state index contributed by atoms with van der Waals surface area (Å²) in [5, 5.41) is 18.1. The summed E-state index contributed by atoms with van der Waals surface area (Å²) in [6.07, 6.45) is 1.22. The molecule has 4 heteroatoms. The average molecular weight is 290 g/mol. The zero-order valence-corrected chi connectivity index (χ0v) is 10.9. The van der Waals surface area contributed by atoms with Gasteiger partial charge < -0.3 is 4.90 Å². The summed E-state index contributed by atoms with van der Waals surface area (Å²) >= 11 is 3.52. The zero-order valence-electron chi connectivity index (χ0n) is 9.36. The monoisotopic (exact) mass is 289 g/mol. The third-order valence-corrected chi connectivity index (χ3v) is 3.91. The highest BCUT2D eigenvalue weighted by atomic mass is 79.9. The molecule has 0 aromatic heterocycles. The Morgan fingerprint density at radius 1 is 1.12 bits per heavy atom. The molecule has 0 radical (unpaired) electrons. The molecule has 3 nitrogen and oxygen atoms in total. The van der Waals surface area contributed by atoms with Crippen LogP contribution < -0.4 is 4.90 Å². The highest BCUT2D eigenvalue weighted by molar-refractivity contribution is 9.10. The second-order valence-corrected chi connectivity index (χ2v) is 5.10. The van der Waals surface area contributed by atoms with Crippen molar-refractivity contribution in [2.75, 3.05) is 18.0 Å². The molecule has 0 bridgehead atoms. The van der Waals surface area contributed by atoms with Crippen molar-refractivity contribution in [2.45, 2.75) is 12.8 Å². The summed E-state index contributed by atoms with van der Waals surface area (Å²) in [4.78, 5) is 2.22. The van der Waals surface area contributed by atoms with E-state index in [9.17, 15) is 0 Å². The van der Waals surface area contributed by atoms with Crippen LogP contribution in [0, 0.1) is 28.1 Å². The lowest BCUT2D eigenvalue weighted by molar-refractivity contribution is 0.393. The Balaban J connectivity index is 2.14. The summed E-state index contributed by atoms with van der Waals surface area (Å²) < 4.78 is 1.06. The van der Waals surface area contributed by atoms with Gasteiger partial charge in [-0.2, -0.15) is 10.5 Å². The minimum atomic E-state index is -0.780. The summed E-state index contributed by atoms with van der Waals surface area (Å²) in [7, 11) is 0. The molecule has 86 valence electrons. The molecule has 0 amide bonds. The largest absolute Gasteiger partial charge is 0.370 e. The van der Waals surface area contributed by atoms with Gasteiger partial charge in [0.05, 0.1) is 17.8 Å². The molecule has 17 heavy (non-hydrogen) atoms. The second kappa shape index (κ2) is 4.77. The van der Waals surface area contributed by atoms with E-state index in [1.807, 2.05) is 18.2 Å². The van der Waals surface area contributed by atoms with Gasteiger partial charge in [0.2, 0.25) is 0 Å². The normalized spacial score (nSPS) is 18.2. The van der Waals surface area contributed by atoms with Gasteiger partial charge >= 0.3 is 0 Å². The van der Waals surface area contributed by atoms with Crippen LogP contribution in [0.15, 0.2) is 28.7 Å². The van der Waals surface area contributed by atoms with Crippen molar-refractivity contribution in [3.05, 3.63) is 28.7 Å². The highest BCUT2D eigenvalue weighted by Gasteiger charge is 2.35. The first-order chi connectivity index (χ1) is 8.21. The first-order valence-electron chi connectivity index (χ1n) is 5.53. The average Bonchev–Trinajstić information content (AvgIpc) is 2.40. The standard InChI is InChI=1S/C13H12BrN3/c14-11-3-1-2-4-12(11)17-7-5-13(9-15,10-16)6-8-17/h1-4H,5-8H2. The summed E-state index contributed by atoms with van der Waals surface area (Å²) in [6, 6.07) is 12.3. The van der Waals surface area contributed by atoms with Crippen LogP contribution in [0.5, 0.6) is 0 Å². The number of para-hydroxylation sites is 1.